The summed E-state index contributed by atoms with van der Waals surface area (Å²) in [6.07, 6.45) is -6.34. The van der Waals surface area contributed by atoms with Crippen molar-refractivity contribution in [3.63, 3.8) is 0 Å². The van der Waals surface area contributed by atoms with E-state index in [1.165, 1.54) is 0 Å². The minimum absolute atomic E-state index is 0.0897. The van der Waals surface area contributed by atoms with Crippen LogP contribution in [0.2, 0.25) is 0 Å². The van der Waals surface area contributed by atoms with Crippen molar-refractivity contribution in [2.45, 2.75) is 31.4 Å². The van der Waals surface area contributed by atoms with Crippen molar-refractivity contribution in [2.24, 2.45) is 0 Å². The van der Waals surface area contributed by atoms with Crippen LogP contribution in [-0.4, -0.2) is 48.0 Å². The average molecular weight is 355 g/mol. The van der Waals surface area contributed by atoms with Gasteiger partial charge in [0.15, 0.2) is 0 Å². The Morgan fingerprint density at radius 3 is 2.42 bits per heavy atom. The number of carbonyl (C=O) groups is 1. The Kier molecular flexibility index (Phi) is 5.47. The summed E-state index contributed by atoms with van der Waals surface area (Å²) < 4.78 is 71.2. The van der Waals surface area contributed by atoms with Crippen LogP contribution in [0.25, 0.3) is 0 Å². The Labute approximate surface area is 133 Å². The van der Waals surface area contributed by atoms with Crippen LogP contribution in [0.1, 0.15) is 12.0 Å². The smallest absolute Gasteiger partial charge is 0.416 e. The maximum Gasteiger partial charge on any atom is 0.416 e. The molecule has 0 bridgehead atoms. The molecule has 2 rings (SSSR count). The first-order valence-corrected chi connectivity index (χ1v) is 6.90. The van der Waals surface area contributed by atoms with Crippen LogP contribution in [0.3, 0.4) is 0 Å². The molecule has 0 spiro atoms. The predicted octanol–water partition coefficient (Wildman–Crippen LogP) is 3.44. The molecule has 0 saturated carbocycles. The lowest BCUT2D eigenvalue weighted by molar-refractivity contribution is -0.138. The molecule has 1 N–H and O–H groups in total. The van der Waals surface area contributed by atoms with E-state index in [4.69, 9.17) is 9.84 Å². The van der Waals surface area contributed by atoms with Gasteiger partial charge in [0, 0.05) is 6.42 Å². The van der Waals surface area contributed by atoms with Gasteiger partial charge in [0.25, 0.3) is 0 Å². The molecule has 5 nitrogen and oxygen atoms in total. The average Bonchev–Trinajstić information content (AvgIpc) is 2.88. The van der Waals surface area contributed by atoms with Crippen molar-refractivity contribution in [1.29, 1.82) is 0 Å². The molecule has 0 aromatic heterocycles. The third kappa shape index (κ3) is 4.70. The number of ether oxygens (including phenoxy) is 2. The van der Waals surface area contributed by atoms with E-state index in [-0.39, 0.29) is 18.7 Å². The molecular formula is C14H14F5NO4. The minimum Gasteiger partial charge on any atom is -0.489 e. The zero-order valence-electron chi connectivity index (χ0n) is 12.2. The van der Waals surface area contributed by atoms with Gasteiger partial charge in [-0.05, 0) is 24.3 Å². The van der Waals surface area contributed by atoms with Crippen LogP contribution >= 0.6 is 0 Å². The molecule has 2 atom stereocenters. The molecule has 1 aliphatic heterocycles. The molecule has 134 valence electrons. The summed E-state index contributed by atoms with van der Waals surface area (Å²) >= 11 is 0. The van der Waals surface area contributed by atoms with Crippen LogP contribution in [0, 0.1) is 0 Å². The molecule has 24 heavy (non-hydrogen) atoms. The molecule has 1 amide bonds. The van der Waals surface area contributed by atoms with Crippen molar-refractivity contribution in [3.05, 3.63) is 29.8 Å². The van der Waals surface area contributed by atoms with E-state index < -0.39 is 43.2 Å². The summed E-state index contributed by atoms with van der Waals surface area (Å²) in [6.45, 7) is -3.60. The molecule has 10 heteroatoms. The first-order chi connectivity index (χ1) is 11.2. The summed E-state index contributed by atoms with van der Waals surface area (Å²) in [5.74, 6) is 0.133. The van der Waals surface area contributed by atoms with Crippen LogP contribution < -0.4 is 4.74 Å². The molecule has 1 heterocycles. The van der Waals surface area contributed by atoms with Gasteiger partial charge >= 0.3 is 18.9 Å². The van der Waals surface area contributed by atoms with Crippen LogP contribution in [0.15, 0.2) is 24.3 Å². The van der Waals surface area contributed by atoms with Crippen molar-refractivity contribution in [1.82, 2.24) is 4.90 Å². The fourth-order valence-electron chi connectivity index (χ4n) is 2.45. The second-order valence-electron chi connectivity index (χ2n) is 5.18. The topological polar surface area (TPSA) is 59.0 Å². The molecule has 1 aromatic rings. The molecular weight excluding hydrogens is 341 g/mol. The number of rotatable bonds is 5. The van der Waals surface area contributed by atoms with Crippen molar-refractivity contribution in [3.8, 4) is 5.75 Å². The monoisotopic (exact) mass is 355 g/mol. The van der Waals surface area contributed by atoms with Crippen molar-refractivity contribution < 1.29 is 41.3 Å². The zero-order valence-corrected chi connectivity index (χ0v) is 12.2. The highest BCUT2D eigenvalue weighted by Crippen LogP contribution is 2.31. The lowest BCUT2D eigenvalue weighted by Gasteiger charge is -2.20. The molecule has 1 aromatic carbocycles. The van der Waals surface area contributed by atoms with Gasteiger partial charge < -0.3 is 14.6 Å². The van der Waals surface area contributed by atoms with Gasteiger partial charge in [-0.3, -0.25) is 4.90 Å². The third-order valence-corrected chi connectivity index (χ3v) is 3.52. The number of likely N-dealkylation sites (tertiary alicyclic amines) is 1. The molecule has 1 aliphatic rings. The fourth-order valence-corrected chi connectivity index (χ4v) is 2.45. The van der Waals surface area contributed by atoms with Crippen LogP contribution in [0.5, 0.6) is 5.75 Å². The first-order valence-electron chi connectivity index (χ1n) is 6.90. The Balaban J connectivity index is 1.98. The Bertz CT molecular complexity index is 563. The highest BCUT2D eigenvalue weighted by molar-refractivity contribution is 5.66. The Hall–Kier alpha value is -2.10. The van der Waals surface area contributed by atoms with Crippen molar-refractivity contribution in [2.75, 3.05) is 13.2 Å². The van der Waals surface area contributed by atoms with Gasteiger partial charge in [-0.2, -0.15) is 22.0 Å². The number of halogens is 5. The first kappa shape index (κ1) is 18.2. The fraction of sp³-hybridized carbons (Fsp3) is 0.500. The second-order valence-corrected chi connectivity index (χ2v) is 5.18. The number of nitrogens with zero attached hydrogens (tertiary/aromatic N) is 1. The van der Waals surface area contributed by atoms with Gasteiger partial charge in [0.2, 0.25) is 0 Å². The van der Waals surface area contributed by atoms with E-state index >= 15 is 0 Å². The van der Waals surface area contributed by atoms with E-state index in [1.54, 1.807) is 0 Å². The number of carboxylic acid groups (broad SMARTS) is 1. The number of hydrogen-bond acceptors (Lipinski definition) is 3. The lowest BCUT2D eigenvalue weighted by Crippen LogP contribution is -2.38. The van der Waals surface area contributed by atoms with E-state index in [2.05, 4.69) is 4.74 Å². The predicted molar refractivity (Wildman–Crippen MR) is 71.0 cm³/mol. The number of benzene rings is 1. The molecule has 0 radical (unpaired) electrons. The minimum atomic E-state index is -4.47. The molecule has 1 saturated heterocycles. The number of amides is 1. The summed E-state index contributed by atoms with van der Waals surface area (Å²) in [4.78, 5) is 12.0. The summed E-state index contributed by atoms with van der Waals surface area (Å²) in [5.41, 5.74) is -0.836. The second kappa shape index (κ2) is 7.20. The molecule has 0 aliphatic carbocycles. The van der Waals surface area contributed by atoms with E-state index in [0.717, 1.165) is 29.2 Å². The highest BCUT2D eigenvalue weighted by Gasteiger charge is 2.37. The molecule has 0 unspecified atom stereocenters. The zero-order chi connectivity index (χ0) is 17.9. The summed E-state index contributed by atoms with van der Waals surface area (Å²) in [6, 6.07) is 3.12. The SMILES string of the molecule is O=C(O)N1C[C@@H](Oc2ccc(C(F)(F)F)cc2)C[C@H]1COC(F)F. The normalized spacial score (nSPS) is 21.3. The van der Waals surface area contributed by atoms with Crippen molar-refractivity contribution >= 4 is 6.09 Å². The maximum absolute atomic E-state index is 12.5. The maximum atomic E-state index is 12.5. The lowest BCUT2D eigenvalue weighted by atomic mass is 10.2. The molecule has 1 fully saturated rings. The van der Waals surface area contributed by atoms with Gasteiger partial charge in [-0.15, -0.1) is 0 Å². The van der Waals surface area contributed by atoms with E-state index in [9.17, 15) is 26.7 Å². The summed E-state index contributed by atoms with van der Waals surface area (Å²) in [7, 11) is 0. The van der Waals surface area contributed by atoms with E-state index in [0.29, 0.717) is 0 Å². The van der Waals surface area contributed by atoms with E-state index in [1.807, 2.05) is 0 Å². The van der Waals surface area contributed by atoms with Gasteiger partial charge in [-0.25, -0.2) is 4.79 Å². The van der Waals surface area contributed by atoms with Gasteiger partial charge in [0.1, 0.15) is 11.9 Å². The van der Waals surface area contributed by atoms with Crippen LogP contribution in [-0.2, 0) is 10.9 Å². The Morgan fingerprint density at radius 2 is 1.92 bits per heavy atom. The highest BCUT2D eigenvalue weighted by atomic mass is 19.4. The van der Waals surface area contributed by atoms with Gasteiger partial charge in [0.05, 0.1) is 24.8 Å². The summed E-state index contributed by atoms with van der Waals surface area (Å²) in [5, 5.41) is 9.06. The van der Waals surface area contributed by atoms with Gasteiger partial charge in [-0.1, -0.05) is 0 Å². The Morgan fingerprint density at radius 1 is 1.29 bits per heavy atom. The van der Waals surface area contributed by atoms with Crippen LogP contribution in [0.4, 0.5) is 26.7 Å². The number of hydrogen-bond donors (Lipinski definition) is 1. The quantitative estimate of drug-likeness (QED) is 0.822. The standard InChI is InChI=1S/C14H14F5NO4/c15-12(16)23-7-9-5-11(6-20(9)13(21)22)24-10-3-1-8(2-4-10)14(17,18)19/h1-4,9,11-12H,5-7H2,(H,21,22)/t9-,11-/m0/s1. The third-order valence-electron chi connectivity index (χ3n) is 3.52. The number of alkyl halides is 5. The largest absolute Gasteiger partial charge is 0.489 e.